The van der Waals surface area contributed by atoms with Crippen LogP contribution in [0.4, 0.5) is 0 Å². The predicted molar refractivity (Wildman–Crippen MR) is 107 cm³/mol. The van der Waals surface area contributed by atoms with E-state index in [-0.39, 0.29) is 6.61 Å². The summed E-state index contributed by atoms with van der Waals surface area (Å²) in [5.41, 5.74) is 0.947. The lowest BCUT2D eigenvalue weighted by Crippen LogP contribution is -2.60. The molecule has 10 nitrogen and oxygen atoms in total. The number of aliphatic hydroxyl groups is 5. The smallest absolute Gasteiger partial charge is 0.338 e. The van der Waals surface area contributed by atoms with Crippen molar-refractivity contribution in [3.8, 4) is 0 Å². The number of aliphatic hydroxyl groups excluding tert-OH is 5. The quantitative estimate of drug-likeness (QED) is 0.271. The van der Waals surface area contributed by atoms with Gasteiger partial charge in [0.25, 0.3) is 0 Å². The minimum Gasteiger partial charge on any atom is -0.472 e. The molecule has 1 fully saturated rings. The highest BCUT2D eigenvalue weighted by molar-refractivity contribution is 5.89. The summed E-state index contributed by atoms with van der Waals surface area (Å²) < 4.78 is 22.1. The van der Waals surface area contributed by atoms with Crippen molar-refractivity contribution in [1.29, 1.82) is 0 Å². The Morgan fingerprint density at radius 1 is 1.00 bits per heavy atom. The van der Waals surface area contributed by atoms with Crippen LogP contribution in [0.25, 0.3) is 0 Å². The number of ether oxygens (including phenoxy) is 4. The molecule has 2 aliphatic heterocycles. The molecule has 3 aliphatic rings. The summed E-state index contributed by atoms with van der Waals surface area (Å²) in [7, 11) is 0. The van der Waals surface area contributed by atoms with Crippen LogP contribution in [0.3, 0.4) is 0 Å². The van der Waals surface area contributed by atoms with Crippen molar-refractivity contribution in [2.75, 3.05) is 13.2 Å². The normalized spacial score (nSPS) is 38.5. The molecule has 1 saturated heterocycles. The topological polar surface area (TPSA) is 155 Å². The predicted octanol–water partition coefficient (Wildman–Crippen LogP) is -0.937. The summed E-state index contributed by atoms with van der Waals surface area (Å²) in [6.45, 7) is -0.709. The molecule has 5 N–H and O–H groups in total. The van der Waals surface area contributed by atoms with E-state index < -0.39 is 67.5 Å². The van der Waals surface area contributed by atoms with E-state index in [1.54, 1.807) is 42.5 Å². The Kier molecular flexibility index (Phi) is 6.91. The second-order valence-electron chi connectivity index (χ2n) is 7.94. The first-order valence-electron chi connectivity index (χ1n) is 10.3. The Hall–Kier alpha value is -2.31. The Bertz CT molecular complexity index is 854. The number of hydrogen-bond donors (Lipinski definition) is 5. The number of hydrogen-bond acceptors (Lipinski definition) is 10. The fourth-order valence-corrected chi connectivity index (χ4v) is 4.17. The number of benzene rings is 1. The van der Waals surface area contributed by atoms with E-state index in [2.05, 4.69) is 0 Å². The van der Waals surface area contributed by atoms with E-state index in [0.29, 0.717) is 11.1 Å². The van der Waals surface area contributed by atoms with Gasteiger partial charge in [0.05, 0.1) is 30.5 Å². The van der Waals surface area contributed by atoms with E-state index in [4.69, 9.17) is 18.9 Å². The molecule has 1 aromatic rings. The molecule has 1 aliphatic carbocycles. The largest absolute Gasteiger partial charge is 0.472 e. The molecule has 1 aromatic carbocycles. The average Bonchev–Trinajstić information content (AvgIpc) is 3.14. The van der Waals surface area contributed by atoms with Gasteiger partial charge in [-0.2, -0.15) is 0 Å². The second kappa shape index (κ2) is 9.67. The Labute approximate surface area is 183 Å². The molecule has 0 saturated carbocycles. The highest BCUT2D eigenvalue weighted by Crippen LogP contribution is 2.41. The third kappa shape index (κ3) is 4.44. The third-order valence-corrected chi connectivity index (χ3v) is 5.92. The van der Waals surface area contributed by atoms with Crippen LogP contribution >= 0.6 is 0 Å². The molecule has 0 amide bonds. The van der Waals surface area contributed by atoms with E-state index in [0.717, 1.165) is 0 Å². The van der Waals surface area contributed by atoms with Gasteiger partial charge in [-0.25, -0.2) is 4.79 Å². The van der Waals surface area contributed by atoms with Crippen molar-refractivity contribution < 1.29 is 49.3 Å². The van der Waals surface area contributed by atoms with E-state index in [9.17, 15) is 30.3 Å². The molecule has 0 spiro atoms. The maximum atomic E-state index is 12.3. The average molecular weight is 450 g/mol. The van der Waals surface area contributed by atoms with Gasteiger partial charge in [-0.1, -0.05) is 24.3 Å². The molecule has 0 bridgehead atoms. The van der Waals surface area contributed by atoms with Crippen LogP contribution < -0.4 is 0 Å². The molecular weight excluding hydrogens is 424 g/mol. The molecule has 0 radical (unpaired) electrons. The lowest BCUT2D eigenvalue weighted by atomic mass is 9.88. The van der Waals surface area contributed by atoms with Crippen molar-refractivity contribution in [3.05, 3.63) is 59.9 Å². The van der Waals surface area contributed by atoms with Crippen LogP contribution in [0.2, 0.25) is 0 Å². The van der Waals surface area contributed by atoms with Gasteiger partial charge in [-0.15, -0.1) is 0 Å². The molecule has 2 heterocycles. The summed E-state index contributed by atoms with van der Waals surface area (Å²) in [6.07, 6.45) is -4.61. The van der Waals surface area contributed by atoms with Crippen LogP contribution in [0.5, 0.6) is 0 Å². The monoisotopic (exact) mass is 450 g/mol. The van der Waals surface area contributed by atoms with Gasteiger partial charge in [0, 0.05) is 5.92 Å². The van der Waals surface area contributed by atoms with Gasteiger partial charge in [-0.3, -0.25) is 0 Å². The highest BCUT2D eigenvalue weighted by atomic mass is 16.8. The van der Waals surface area contributed by atoms with E-state index in [1.165, 1.54) is 6.26 Å². The van der Waals surface area contributed by atoms with Crippen LogP contribution in [0, 0.1) is 11.8 Å². The number of carbonyl (C=O) groups is 1. The van der Waals surface area contributed by atoms with E-state index >= 15 is 0 Å². The first-order valence-corrected chi connectivity index (χ1v) is 10.3. The van der Waals surface area contributed by atoms with Crippen LogP contribution in [-0.2, 0) is 18.9 Å². The maximum Gasteiger partial charge on any atom is 0.338 e. The molecule has 32 heavy (non-hydrogen) atoms. The fraction of sp³-hybridized carbons (Fsp3) is 0.500. The molecular formula is C22H26O10. The first-order chi connectivity index (χ1) is 15.4. The number of esters is 1. The summed E-state index contributed by atoms with van der Waals surface area (Å²) >= 11 is 0. The number of rotatable bonds is 6. The Morgan fingerprint density at radius 2 is 1.75 bits per heavy atom. The Balaban J connectivity index is 1.46. The summed E-state index contributed by atoms with van der Waals surface area (Å²) in [5, 5.41) is 50.0. The lowest BCUT2D eigenvalue weighted by molar-refractivity contribution is -0.339. The zero-order valence-corrected chi connectivity index (χ0v) is 17.0. The van der Waals surface area contributed by atoms with Crippen LogP contribution in [-0.4, -0.2) is 87.8 Å². The van der Waals surface area contributed by atoms with E-state index in [1.807, 2.05) is 0 Å². The number of carbonyl (C=O) groups excluding carboxylic acids is 1. The molecule has 10 heteroatoms. The zero-order valence-electron chi connectivity index (χ0n) is 17.0. The molecule has 9 atom stereocenters. The fourth-order valence-electron chi connectivity index (χ4n) is 4.17. The first kappa shape index (κ1) is 22.9. The van der Waals surface area contributed by atoms with Crippen molar-refractivity contribution >= 4 is 5.97 Å². The molecule has 0 unspecified atom stereocenters. The summed E-state index contributed by atoms with van der Waals surface area (Å²) in [5.74, 6) is -1.52. The summed E-state index contributed by atoms with van der Waals surface area (Å²) in [4.78, 5) is 12.3. The second-order valence-corrected chi connectivity index (χ2v) is 7.94. The minimum atomic E-state index is -1.60. The minimum absolute atomic E-state index is 0.113. The van der Waals surface area contributed by atoms with Crippen LogP contribution in [0.15, 0.2) is 54.3 Å². The van der Waals surface area contributed by atoms with Gasteiger partial charge in [0.15, 0.2) is 6.29 Å². The zero-order chi connectivity index (χ0) is 22.8. The van der Waals surface area contributed by atoms with Gasteiger partial charge in [0.2, 0.25) is 6.29 Å². The van der Waals surface area contributed by atoms with Gasteiger partial charge in [-0.05, 0) is 23.8 Å². The van der Waals surface area contributed by atoms with Gasteiger partial charge >= 0.3 is 5.97 Å². The van der Waals surface area contributed by atoms with Gasteiger partial charge in [0.1, 0.15) is 31.0 Å². The third-order valence-electron chi connectivity index (χ3n) is 5.92. The SMILES string of the molecule is O=C(OCC1=C[C@H](O)[C@@H]2C=CO[C@@H](O[C@@H]3O[C@H](CO)[C@@H](O)[C@H](O)[C@H]3O)[C@H]12)c1ccccc1. The maximum absolute atomic E-state index is 12.3. The molecule has 0 aromatic heterocycles. The van der Waals surface area contributed by atoms with Crippen molar-refractivity contribution in [2.24, 2.45) is 11.8 Å². The van der Waals surface area contributed by atoms with Crippen molar-refractivity contribution in [1.82, 2.24) is 0 Å². The van der Waals surface area contributed by atoms with Crippen molar-refractivity contribution in [3.63, 3.8) is 0 Å². The standard InChI is InChI=1S/C22H26O10/c23-9-15-17(25)18(26)19(27)22(31-15)32-21-16-12(8-14(24)13(16)6-7-29-21)10-30-20(28)11-4-2-1-3-5-11/h1-8,13-19,21-27H,9-10H2/t13-,14-,15+,16+,17+,18-,19+,21-,22-/m0/s1. The highest BCUT2D eigenvalue weighted by Gasteiger charge is 2.49. The Morgan fingerprint density at radius 3 is 2.47 bits per heavy atom. The summed E-state index contributed by atoms with van der Waals surface area (Å²) in [6, 6.07) is 8.47. The lowest BCUT2D eigenvalue weighted by Gasteiger charge is -2.42. The van der Waals surface area contributed by atoms with Gasteiger partial charge < -0.3 is 44.5 Å². The molecule has 174 valence electrons. The van der Waals surface area contributed by atoms with Crippen LogP contribution in [0.1, 0.15) is 10.4 Å². The van der Waals surface area contributed by atoms with Crippen molar-refractivity contribution in [2.45, 2.75) is 43.1 Å². The molecule has 4 rings (SSSR count). The number of fused-ring (bicyclic) bond motifs is 1.